The molecule has 2 N–H and O–H groups in total. The zero-order valence-electron chi connectivity index (χ0n) is 33.8. The minimum atomic E-state index is -4.45. The molecular formula is C39H72N5O8PS. The number of aryl methyl sites for hydroxylation is 1. The maximum absolute atomic E-state index is 12.7. The summed E-state index contributed by atoms with van der Waals surface area (Å²) in [4.78, 5) is 39.5. The van der Waals surface area contributed by atoms with Gasteiger partial charge in [-0.15, -0.1) is 0 Å². The summed E-state index contributed by atoms with van der Waals surface area (Å²) in [5.74, 6) is 1.15. The smallest absolute Gasteiger partial charge is 0.377 e. The summed E-state index contributed by atoms with van der Waals surface area (Å²) in [6, 6.07) is -0.763. The second-order valence-corrected chi connectivity index (χ2v) is 17.7. The number of thioether (sulfide) groups is 1. The first-order valence-electron chi connectivity index (χ1n) is 21.0. The van der Waals surface area contributed by atoms with Gasteiger partial charge in [0.2, 0.25) is 0 Å². The summed E-state index contributed by atoms with van der Waals surface area (Å²) in [6.45, 7) is 8.18. The number of azide groups is 1. The Morgan fingerprint density at radius 2 is 1.50 bits per heavy atom. The maximum atomic E-state index is 12.7. The fourth-order valence-corrected chi connectivity index (χ4v) is 8.90. The second kappa shape index (κ2) is 29.6. The highest BCUT2D eigenvalue weighted by molar-refractivity contribution is 7.99. The lowest BCUT2D eigenvalue weighted by atomic mass is 10.0. The summed E-state index contributed by atoms with van der Waals surface area (Å²) in [6.07, 6.45) is 26.5. The van der Waals surface area contributed by atoms with Gasteiger partial charge in [0, 0.05) is 34.9 Å². The minimum absolute atomic E-state index is 0.0326. The Kier molecular flexibility index (Phi) is 26.6. The molecule has 15 heteroatoms. The molecule has 1 fully saturated rings. The van der Waals surface area contributed by atoms with Crippen molar-refractivity contribution in [1.29, 1.82) is 0 Å². The number of H-pyrrole nitrogens is 1. The number of phosphoric ester groups is 1. The lowest BCUT2D eigenvalue weighted by Gasteiger charge is -2.24. The zero-order valence-corrected chi connectivity index (χ0v) is 35.5. The average Bonchev–Trinajstić information content (AvgIpc) is 3.55. The molecule has 0 spiro atoms. The molecule has 2 rings (SSSR count). The van der Waals surface area contributed by atoms with Gasteiger partial charge < -0.3 is 14.4 Å². The third-order valence-electron chi connectivity index (χ3n) is 10.1. The molecule has 0 amide bonds. The fourth-order valence-electron chi connectivity index (χ4n) is 6.78. The van der Waals surface area contributed by atoms with Gasteiger partial charge in [-0.25, -0.2) is 9.36 Å². The highest BCUT2D eigenvalue weighted by Gasteiger charge is 2.38. The standard InChI is InChI=1S/C39H72N5O8PS/c1-5-7-9-11-13-15-16-17-18-20-22-25-36(54-28-23-21-19-14-12-10-8-6-2)33(4)49-26-24-27-50-53(47,48)51-31-35-34(42-43-40)29-37(52-35)44-30-32(3)38(45)41-39(44)46/h30,33-37H,5-29,31H2,1-4H3,(H,47,48)(H,41,45,46)/t33?,34-,35+,36?,37+/m0/s1. The van der Waals surface area contributed by atoms with Crippen LogP contribution in [0, 0.1) is 6.92 Å². The quantitative estimate of drug-likeness (QED) is 0.0226. The van der Waals surface area contributed by atoms with E-state index in [0.29, 0.717) is 23.8 Å². The van der Waals surface area contributed by atoms with Crippen LogP contribution in [-0.2, 0) is 23.1 Å². The molecule has 1 saturated heterocycles. The number of nitrogens with zero attached hydrogens (tertiary/aromatic N) is 4. The van der Waals surface area contributed by atoms with Gasteiger partial charge in [0.15, 0.2) is 0 Å². The van der Waals surface area contributed by atoms with E-state index < -0.39 is 44.1 Å². The van der Waals surface area contributed by atoms with E-state index in [1.54, 1.807) is 6.92 Å². The number of hydrogen-bond acceptors (Lipinski definition) is 9. The Morgan fingerprint density at radius 3 is 2.09 bits per heavy atom. The SMILES string of the molecule is CCCCCCCCCCCCCC(SCCCCCCCCCC)C(C)OCCCOP(=O)(O)OC[C@H]1O[C@@H](n2cc(C)c(=O)[nH]c2=O)C[C@@H]1N=[N+]=[N-]. The van der Waals surface area contributed by atoms with Gasteiger partial charge in [0.05, 0.1) is 31.5 Å². The molecule has 0 aliphatic carbocycles. The number of aromatic amines is 1. The van der Waals surface area contributed by atoms with Crippen molar-refractivity contribution in [2.75, 3.05) is 25.6 Å². The molecule has 0 saturated carbocycles. The maximum Gasteiger partial charge on any atom is 0.472 e. The van der Waals surface area contributed by atoms with Crippen molar-refractivity contribution >= 4 is 19.6 Å². The highest BCUT2D eigenvalue weighted by Crippen LogP contribution is 2.44. The predicted molar refractivity (Wildman–Crippen MR) is 219 cm³/mol. The molecule has 1 aliphatic rings. The van der Waals surface area contributed by atoms with E-state index in [0.717, 1.165) is 12.2 Å². The summed E-state index contributed by atoms with van der Waals surface area (Å²) in [5.41, 5.74) is 8.15. The van der Waals surface area contributed by atoms with Gasteiger partial charge in [-0.05, 0) is 44.4 Å². The van der Waals surface area contributed by atoms with Crippen LogP contribution in [0.4, 0.5) is 0 Å². The van der Waals surface area contributed by atoms with Crippen molar-refractivity contribution in [3.05, 3.63) is 43.0 Å². The molecule has 54 heavy (non-hydrogen) atoms. The van der Waals surface area contributed by atoms with Gasteiger partial charge in [-0.3, -0.25) is 23.4 Å². The summed E-state index contributed by atoms with van der Waals surface area (Å²) in [7, 11) is -4.45. The third kappa shape index (κ3) is 21.1. The average molecular weight is 802 g/mol. The van der Waals surface area contributed by atoms with Gasteiger partial charge in [-0.1, -0.05) is 135 Å². The van der Waals surface area contributed by atoms with Crippen LogP contribution < -0.4 is 11.2 Å². The first-order chi connectivity index (χ1) is 26.1. The number of nitrogens with one attached hydrogen (secondary N) is 1. The fraction of sp³-hybridized carbons (Fsp3) is 0.897. The van der Waals surface area contributed by atoms with Crippen molar-refractivity contribution < 1.29 is 28.0 Å². The summed E-state index contributed by atoms with van der Waals surface area (Å²) >= 11 is 2.04. The Labute approximate surface area is 328 Å². The summed E-state index contributed by atoms with van der Waals surface area (Å²) < 4.78 is 36.4. The van der Waals surface area contributed by atoms with Crippen molar-refractivity contribution in [3.8, 4) is 0 Å². The van der Waals surface area contributed by atoms with Gasteiger partial charge in [0.1, 0.15) is 6.23 Å². The highest BCUT2D eigenvalue weighted by atomic mass is 32.2. The van der Waals surface area contributed by atoms with Crippen LogP contribution in [0.1, 0.15) is 174 Å². The Morgan fingerprint density at radius 1 is 0.926 bits per heavy atom. The van der Waals surface area contributed by atoms with E-state index in [-0.39, 0.29) is 19.1 Å². The van der Waals surface area contributed by atoms with Gasteiger partial charge >= 0.3 is 13.5 Å². The van der Waals surface area contributed by atoms with E-state index in [4.69, 9.17) is 24.1 Å². The van der Waals surface area contributed by atoms with E-state index in [1.165, 1.54) is 133 Å². The number of ether oxygens (including phenoxy) is 2. The van der Waals surface area contributed by atoms with Crippen LogP contribution in [0.3, 0.4) is 0 Å². The first-order valence-corrected chi connectivity index (χ1v) is 23.5. The van der Waals surface area contributed by atoms with Gasteiger partial charge in [0.25, 0.3) is 5.56 Å². The van der Waals surface area contributed by atoms with E-state index >= 15 is 0 Å². The molecule has 1 aromatic rings. The van der Waals surface area contributed by atoms with Crippen LogP contribution in [-0.4, -0.2) is 63.5 Å². The van der Waals surface area contributed by atoms with E-state index in [1.807, 2.05) is 11.8 Å². The molecule has 1 aliphatic heterocycles. The Bertz CT molecular complexity index is 1340. The topological polar surface area (TPSA) is 178 Å². The van der Waals surface area contributed by atoms with Crippen LogP contribution in [0.15, 0.2) is 20.9 Å². The monoisotopic (exact) mass is 801 g/mol. The van der Waals surface area contributed by atoms with E-state index in [2.05, 4.69) is 35.8 Å². The molecule has 3 unspecified atom stereocenters. The number of unbranched alkanes of at least 4 members (excludes halogenated alkanes) is 17. The molecule has 312 valence electrons. The Balaban J connectivity index is 1.74. The number of rotatable bonds is 34. The molecule has 13 nitrogen and oxygen atoms in total. The molecule has 0 bridgehead atoms. The Hall–Kier alpha value is -1.63. The van der Waals surface area contributed by atoms with Crippen LogP contribution >= 0.6 is 19.6 Å². The number of hydrogen-bond donors (Lipinski definition) is 2. The van der Waals surface area contributed by atoms with Crippen molar-refractivity contribution in [2.24, 2.45) is 5.11 Å². The van der Waals surface area contributed by atoms with Crippen molar-refractivity contribution in [1.82, 2.24) is 9.55 Å². The van der Waals surface area contributed by atoms with Crippen LogP contribution in [0.5, 0.6) is 0 Å². The number of phosphoric acid groups is 1. The minimum Gasteiger partial charge on any atom is -0.377 e. The van der Waals surface area contributed by atoms with Gasteiger partial charge in [-0.2, -0.15) is 11.8 Å². The molecule has 1 aromatic heterocycles. The first kappa shape index (κ1) is 48.5. The third-order valence-corrected chi connectivity index (χ3v) is 12.7. The lowest BCUT2D eigenvalue weighted by molar-refractivity contribution is -0.0288. The van der Waals surface area contributed by atoms with Crippen molar-refractivity contribution in [3.63, 3.8) is 0 Å². The zero-order chi connectivity index (χ0) is 39.4. The molecule has 0 aromatic carbocycles. The normalized spacial score (nSPS) is 19.4. The molecule has 2 heterocycles. The van der Waals surface area contributed by atoms with E-state index in [9.17, 15) is 19.0 Å². The summed E-state index contributed by atoms with van der Waals surface area (Å²) in [5, 5.41) is 4.13. The largest absolute Gasteiger partial charge is 0.472 e. The molecule has 0 radical (unpaired) electrons. The molecule has 6 atom stereocenters. The lowest BCUT2D eigenvalue weighted by Crippen LogP contribution is -2.33. The van der Waals surface area contributed by atoms with Crippen LogP contribution in [0.25, 0.3) is 10.4 Å². The number of aromatic nitrogens is 2. The predicted octanol–water partition coefficient (Wildman–Crippen LogP) is 10.7. The van der Waals surface area contributed by atoms with Crippen LogP contribution in [0.2, 0.25) is 0 Å². The molecular weight excluding hydrogens is 729 g/mol. The second-order valence-electron chi connectivity index (χ2n) is 14.9. The van der Waals surface area contributed by atoms with Crippen molar-refractivity contribution in [2.45, 2.75) is 199 Å².